The van der Waals surface area contributed by atoms with Gasteiger partial charge in [0.2, 0.25) is 5.95 Å². The highest BCUT2D eigenvalue weighted by Crippen LogP contribution is 2.41. The first-order valence-corrected chi connectivity index (χ1v) is 13.1. The Morgan fingerprint density at radius 3 is 2.63 bits per heavy atom. The molecular weight excluding hydrogens is 504 g/mol. The van der Waals surface area contributed by atoms with Crippen LogP contribution in [0.3, 0.4) is 0 Å². The monoisotopic (exact) mass is 532 g/mol. The number of hydrogen-bond donors (Lipinski definition) is 2. The zero-order chi connectivity index (χ0) is 26.3. The first-order valence-electron chi connectivity index (χ1n) is 12.7. The molecule has 4 aromatic rings. The van der Waals surface area contributed by atoms with Crippen LogP contribution >= 0.6 is 11.6 Å². The maximum atomic E-state index is 12.7. The second-order valence-electron chi connectivity index (χ2n) is 10.1. The summed E-state index contributed by atoms with van der Waals surface area (Å²) in [5, 5.41) is 8.07. The number of ether oxygens (including phenoxy) is 1. The van der Waals surface area contributed by atoms with Crippen molar-refractivity contribution in [3.63, 3.8) is 0 Å². The number of aryl methyl sites for hydroxylation is 1. The highest BCUT2D eigenvalue weighted by atomic mass is 35.5. The maximum Gasteiger partial charge on any atom is 0.252 e. The van der Waals surface area contributed by atoms with E-state index in [9.17, 15) is 4.79 Å². The summed E-state index contributed by atoms with van der Waals surface area (Å²) >= 11 is 6.49. The second-order valence-corrected chi connectivity index (χ2v) is 10.5. The van der Waals surface area contributed by atoms with Crippen LogP contribution in [0.15, 0.2) is 53.7 Å². The predicted octanol–water partition coefficient (Wildman–Crippen LogP) is 4.31. The standard InChI is InChI=1S/C27H29ClN8O2/c1-17(24-29-8-3-9-30-24)32-21-13-23(37)35(2)22-5-4-18(12-19(21)22)33-25-20(28)14-31-26(34-25)36-15-27(16-36)6-10-38-11-7-27/h3-5,8-9,12-14,17,32H,6-7,10-11,15-16H2,1-2H3,(H,31,33,34). The highest BCUT2D eigenvalue weighted by molar-refractivity contribution is 6.32. The number of anilines is 4. The van der Waals surface area contributed by atoms with Gasteiger partial charge < -0.3 is 24.8 Å². The third-order valence-electron chi connectivity index (χ3n) is 7.47. The van der Waals surface area contributed by atoms with Crippen LogP contribution < -0.4 is 21.1 Å². The smallest absolute Gasteiger partial charge is 0.252 e. The molecule has 2 aliphatic rings. The topological polar surface area (TPSA) is 110 Å². The molecule has 1 atom stereocenters. The number of rotatable bonds is 6. The number of pyridine rings is 1. The number of fused-ring (bicyclic) bond motifs is 1. The van der Waals surface area contributed by atoms with E-state index in [0.29, 0.717) is 33.7 Å². The Kier molecular flexibility index (Phi) is 6.37. The fraction of sp³-hybridized carbons (Fsp3) is 0.370. The Hall–Kier alpha value is -3.76. The van der Waals surface area contributed by atoms with Crippen LogP contribution in [-0.2, 0) is 11.8 Å². The molecule has 1 spiro atoms. The molecule has 1 aromatic carbocycles. The van der Waals surface area contributed by atoms with Crippen molar-refractivity contribution in [2.24, 2.45) is 12.5 Å². The summed E-state index contributed by atoms with van der Waals surface area (Å²) in [5.41, 5.74) is 2.49. The lowest BCUT2D eigenvalue weighted by Crippen LogP contribution is -2.59. The average Bonchev–Trinajstić information content (AvgIpc) is 2.92. The molecule has 2 aliphatic heterocycles. The molecule has 11 heteroatoms. The van der Waals surface area contributed by atoms with Crippen molar-refractivity contribution in [2.45, 2.75) is 25.8 Å². The third-order valence-corrected chi connectivity index (χ3v) is 7.75. The minimum Gasteiger partial charge on any atom is -0.381 e. The van der Waals surface area contributed by atoms with Crippen LogP contribution in [0.2, 0.25) is 5.02 Å². The molecule has 38 heavy (non-hydrogen) atoms. The van der Waals surface area contributed by atoms with Crippen LogP contribution in [0.25, 0.3) is 10.9 Å². The van der Waals surface area contributed by atoms with Crippen molar-refractivity contribution in [1.29, 1.82) is 0 Å². The van der Waals surface area contributed by atoms with Gasteiger partial charge in [0.15, 0.2) is 5.82 Å². The summed E-state index contributed by atoms with van der Waals surface area (Å²) in [6, 6.07) is 8.97. The van der Waals surface area contributed by atoms with Gasteiger partial charge in [0.05, 0.1) is 17.8 Å². The molecule has 10 nitrogen and oxygen atoms in total. The normalized spacial score (nSPS) is 17.3. The Bertz CT molecular complexity index is 1530. The van der Waals surface area contributed by atoms with Gasteiger partial charge in [-0.25, -0.2) is 15.0 Å². The molecular formula is C27H29ClN8O2. The van der Waals surface area contributed by atoms with Gasteiger partial charge in [0.1, 0.15) is 10.8 Å². The molecule has 2 saturated heterocycles. The number of nitrogens with one attached hydrogen (secondary N) is 2. The van der Waals surface area contributed by atoms with Crippen molar-refractivity contribution >= 4 is 45.6 Å². The van der Waals surface area contributed by atoms with Crippen LogP contribution in [0, 0.1) is 5.41 Å². The van der Waals surface area contributed by atoms with Gasteiger partial charge in [-0.2, -0.15) is 4.98 Å². The number of benzene rings is 1. The van der Waals surface area contributed by atoms with Gasteiger partial charge in [-0.05, 0) is 44.0 Å². The Labute approximate surface area is 225 Å². The van der Waals surface area contributed by atoms with E-state index in [4.69, 9.17) is 21.3 Å². The fourth-order valence-corrected chi connectivity index (χ4v) is 5.39. The van der Waals surface area contributed by atoms with Crippen LogP contribution in [0.4, 0.5) is 23.1 Å². The third kappa shape index (κ3) is 4.65. The number of aromatic nitrogens is 5. The molecule has 196 valence electrons. The van der Waals surface area contributed by atoms with Gasteiger partial charge in [-0.15, -0.1) is 0 Å². The van der Waals surface area contributed by atoms with E-state index in [0.717, 1.165) is 55.7 Å². The van der Waals surface area contributed by atoms with Crippen LogP contribution in [0.5, 0.6) is 0 Å². The predicted molar refractivity (Wildman–Crippen MR) is 148 cm³/mol. The molecule has 3 aromatic heterocycles. The van der Waals surface area contributed by atoms with E-state index < -0.39 is 0 Å². The number of hydrogen-bond acceptors (Lipinski definition) is 9. The largest absolute Gasteiger partial charge is 0.381 e. The quantitative estimate of drug-likeness (QED) is 0.375. The lowest BCUT2D eigenvalue weighted by atomic mass is 9.73. The van der Waals surface area contributed by atoms with Crippen molar-refractivity contribution < 1.29 is 4.74 Å². The maximum absolute atomic E-state index is 12.7. The van der Waals surface area contributed by atoms with Crippen LogP contribution in [0.1, 0.15) is 31.6 Å². The zero-order valence-electron chi connectivity index (χ0n) is 21.3. The first kappa shape index (κ1) is 24.6. The SMILES string of the molecule is CC(Nc1cc(=O)n(C)c2ccc(Nc3nc(N4CC5(CCOCC5)C4)ncc3Cl)cc12)c1ncccn1. The summed E-state index contributed by atoms with van der Waals surface area (Å²) in [5.74, 6) is 1.84. The van der Waals surface area contributed by atoms with Crippen molar-refractivity contribution in [2.75, 3.05) is 41.8 Å². The molecule has 2 fully saturated rings. The average molecular weight is 533 g/mol. The molecule has 0 bridgehead atoms. The van der Waals surface area contributed by atoms with Gasteiger partial charge in [0.25, 0.3) is 5.56 Å². The highest BCUT2D eigenvalue weighted by Gasteiger charge is 2.45. The van der Waals surface area contributed by atoms with E-state index in [-0.39, 0.29) is 11.6 Å². The molecule has 0 radical (unpaired) electrons. The summed E-state index contributed by atoms with van der Waals surface area (Å²) < 4.78 is 7.16. The van der Waals surface area contributed by atoms with Gasteiger partial charge in [0, 0.05) is 74.0 Å². The van der Waals surface area contributed by atoms with E-state index in [1.165, 1.54) is 0 Å². The Morgan fingerprint density at radius 1 is 1.11 bits per heavy atom. The molecule has 1 unspecified atom stereocenters. The van der Waals surface area contributed by atoms with Gasteiger partial charge in [-0.3, -0.25) is 4.79 Å². The lowest BCUT2D eigenvalue weighted by molar-refractivity contribution is -0.000729. The molecule has 5 heterocycles. The van der Waals surface area contributed by atoms with Crippen molar-refractivity contribution in [3.8, 4) is 0 Å². The van der Waals surface area contributed by atoms with Crippen molar-refractivity contribution in [1.82, 2.24) is 24.5 Å². The van der Waals surface area contributed by atoms with E-state index in [1.54, 1.807) is 42.3 Å². The molecule has 0 aliphatic carbocycles. The van der Waals surface area contributed by atoms with E-state index >= 15 is 0 Å². The summed E-state index contributed by atoms with van der Waals surface area (Å²) in [4.78, 5) is 32.7. The Morgan fingerprint density at radius 2 is 1.87 bits per heavy atom. The summed E-state index contributed by atoms with van der Waals surface area (Å²) in [7, 11) is 1.76. The Balaban J connectivity index is 1.27. The van der Waals surface area contributed by atoms with Crippen molar-refractivity contribution in [3.05, 3.63) is 70.1 Å². The van der Waals surface area contributed by atoms with Crippen LogP contribution in [-0.4, -0.2) is 50.8 Å². The van der Waals surface area contributed by atoms with E-state index in [2.05, 4.69) is 30.5 Å². The molecule has 0 saturated carbocycles. The molecule has 2 N–H and O–H groups in total. The zero-order valence-corrected chi connectivity index (χ0v) is 22.1. The summed E-state index contributed by atoms with van der Waals surface area (Å²) in [6.07, 6.45) is 7.20. The minimum absolute atomic E-state index is 0.109. The van der Waals surface area contributed by atoms with E-state index in [1.807, 2.05) is 25.1 Å². The summed E-state index contributed by atoms with van der Waals surface area (Å²) in [6.45, 7) is 5.47. The lowest BCUT2D eigenvalue weighted by Gasteiger charge is -2.52. The number of halogens is 1. The second kappa shape index (κ2) is 9.85. The fourth-order valence-electron chi connectivity index (χ4n) is 5.25. The molecule has 0 amide bonds. The van der Waals surface area contributed by atoms with Gasteiger partial charge in [-0.1, -0.05) is 11.6 Å². The number of nitrogens with zero attached hydrogens (tertiary/aromatic N) is 6. The van der Waals surface area contributed by atoms with Gasteiger partial charge >= 0.3 is 0 Å². The molecule has 6 rings (SSSR count). The minimum atomic E-state index is -0.197. The first-order chi connectivity index (χ1) is 18.4.